The van der Waals surface area contributed by atoms with E-state index in [4.69, 9.17) is 16.3 Å². The molecule has 2 aromatic carbocycles. The molecule has 2 aliphatic heterocycles. The number of ether oxygens (including phenoxy) is 1. The number of rotatable bonds is 5. The van der Waals surface area contributed by atoms with E-state index in [0.717, 1.165) is 11.1 Å². The van der Waals surface area contributed by atoms with Crippen molar-refractivity contribution >= 4 is 45.0 Å². The van der Waals surface area contributed by atoms with Crippen molar-refractivity contribution in [2.24, 2.45) is 0 Å². The Bertz CT molecular complexity index is 2180. The van der Waals surface area contributed by atoms with Crippen LogP contribution in [0.5, 0.6) is 5.75 Å². The van der Waals surface area contributed by atoms with Gasteiger partial charge in [-0.1, -0.05) is 51.9 Å². The number of amides is 1. The molecule has 3 aromatic heterocycles. The van der Waals surface area contributed by atoms with Gasteiger partial charge in [-0.2, -0.15) is 5.10 Å². The maximum atomic E-state index is 16.9. The molecule has 248 valence electrons. The van der Waals surface area contributed by atoms with E-state index in [1.165, 1.54) is 23.0 Å². The summed E-state index contributed by atoms with van der Waals surface area (Å²) in [6.07, 6.45) is 4.47. The Balaban J connectivity index is 1.63. The molecule has 0 spiro atoms. The van der Waals surface area contributed by atoms with Crippen LogP contribution in [0.15, 0.2) is 48.2 Å². The second-order valence-electron chi connectivity index (χ2n) is 13.3. The number of hydrogen-bond donors (Lipinski definition) is 1. The summed E-state index contributed by atoms with van der Waals surface area (Å²) in [7, 11) is 0. The number of nitrogens with one attached hydrogen (secondary N) is 1. The molecule has 48 heavy (non-hydrogen) atoms. The highest BCUT2D eigenvalue weighted by atomic mass is 35.5. The monoisotopic (exact) mass is 669 g/mol. The van der Waals surface area contributed by atoms with Crippen molar-refractivity contribution in [1.29, 1.82) is 0 Å². The van der Waals surface area contributed by atoms with Gasteiger partial charge in [-0.3, -0.25) is 19.3 Å². The number of benzene rings is 2. The Kier molecular flexibility index (Phi) is 7.77. The molecule has 7 rings (SSSR count). The van der Waals surface area contributed by atoms with Crippen molar-refractivity contribution in [1.82, 2.24) is 29.6 Å². The molecule has 1 N–H and O–H groups in total. The second kappa shape index (κ2) is 11.7. The van der Waals surface area contributed by atoms with Crippen LogP contribution in [0.4, 0.5) is 10.1 Å². The Morgan fingerprint density at radius 2 is 1.81 bits per heavy atom. The number of aromatic amines is 1. The van der Waals surface area contributed by atoms with E-state index in [-0.39, 0.29) is 52.8 Å². The van der Waals surface area contributed by atoms with Gasteiger partial charge in [0.05, 0.1) is 51.1 Å². The summed E-state index contributed by atoms with van der Waals surface area (Å²) in [5.74, 6) is -0.799. The summed E-state index contributed by atoms with van der Waals surface area (Å²) < 4.78 is 24.7. The standard InChI is InChI=1S/C36H37ClFN7O3/c1-8-26(46)43-14-21-15-48-35-33(44(21)13-20(43)7)22-11-24(38)28(27-19(6)9-10-25-23(27)12-41-42-25)29(37)32(22)45(36(35)47)34-30(17(2)3)39-16-40-31(34)18(4)5/h8-12,16-18,20-21H,1,13-15H2,2-7H3,(H,41,42). The number of aryl methyl sites for hydroxylation is 1. The van der Waals surface area contributed by atoms with Crippen LogP contribution < -0.4 is 15.2 Å². The molecule has 0 radical (unpaired) electrons. The molecule has 0 aliphatic carbocycles. The van der Waals surface area contributed by atoms with Gasteiger partial charge >= 0.3 is 0 Å². The third-order valence-electron chi connectivity index (χ3n) is 9.57. The Morgan fingerprint density at radius 1 is 1.10 bits per heavy atom. The zero-order valence-corrected chi connectivity index (χ0v) is 28.5. The number of fused-ring (bicyclic) bond motifs is 6. The summed E-state index contributed by atoms with van der Waals surface area (Å²) in [5.41, 5.74) is 4.45. The maximum Gasteiger partial charge on any atom is 0.300 e. The largest absolute Gasteiger partial charge is 0.484 e. The quantitative estimate of drug-likeness (QED) is 0.209. The molecule has 2 aliphatic rings. The van der Waals surface area contributed by atoms with Crippen molar-refractivity contribution in [3.63, 3.8) is 0 Å². The number of anilines is 1. The predicted molar refractivity (Wildman–Crippen MR) is 186 cm³/mol. The molecule has 5 heterocycles. The lowest BCUT2D eigenvalue weighted by Gasteiger charge is -2.48. The fourth-order valence-corrected chi connectivity index (χ4v) is 7.66. The molecule has 12 heteroatoms. The van der Waals surface area contributed by atoms with E-state index in [1.54, 1.807) is 11.1 Å². The molecule has 0 saturated carbocycles. The smallest absolute Gasteiger partial charge is 0.300 e. The number of piperazine rings is 1. The predicted octanol–water partition coefficient (Wildman–Crippen LogP) is 6.66. The van der Waals surface area contributed by atoms with Gasteiger partial charge in [-0.25, -0.2) is 14.4 Å². The van der Waals surface area contributed by atoms with Gasteiger partial charge in [-0.05, 0) is 49.5 Å². The first-order chi connectivity index (χ1) is 22.9. The maximum absolute atomic E-state index is 16.9. The number of halogens is 2. The molecular formula is C36H37ClFN7O3. The summed E-state index contributed by atoms with van der Waals surface area (Å²) in [4.78, 5) is 40.8. The van der Waals surface area contributed by atoms with Crippen molar-refractivity contribution in [2.75, 3.05) is 24.6 Å². The average molecular weight is 670 g/mol. The third kappa shape index (κ3) is 4.69. The molecule has 5 aromatic rings. The first-order valence-corrected chi connectivity index (χ1v) is 16.5. The molecule has 1 fully saturated rings. The number of aromatic nitrogens is 5. The Hall–Kier alpha value is -4.77. The van der Waals surface area contributed by atoms with Crippen LogP contribution in [-0.4, -0.2) is 67.3 Å². The van der Waals surface area contributed by atoms with E-state index in [0.29, 0.717) is 57.7 Å². The van der Waals surface area contributed by atoms with Crippen LogP contribution in [0, 0.1) is 12.7 Å². The molecule has 2 unspecified atom stereocenters. The first kappa shape index (κ1) is 31.8. The average Bonchev–Trinajstić information content (AvgIpc) is 3.54. The van der Waals surface area contributed by atoms with Crippen LogP contribution in [0.25, 0.3) is 38.6 Å². The highest BCUT2D eigenvalue weighted by Gasteiger charge is 2.41. The number of nitrogens with zero attached hydrogens (tertiary/aromatic N) is 6. The minimum Gasteiger partial charge on any atom is -0.484 e. The van der Waals surface area contributed by atoms with Gasteiger partial charge in [-0.15, -0.1) is 0 Å². The van der Waals surface area contributed by atoms with Crippen molar-refractivity contribution in [3.05, 3.63) is 81.5 Å². The molecule has 0 bridgehead atoms. The van der Waals surface area contributed by atoms with Gasteiger partial charge in [0.25, 0.3) is 5.56 Å². The second-order valence-corrected chi connectivity index (χ2v) is 13.7. The SMILES string of the molecule is C=CC(=O)N1CC2COc3c(c4cc(F)c(-c5c(C)ccc6[nH]ncc56)c(Cl)c4n(-c4c(C(C)C)ncnc4C(C)C)c3=O)N2CC1C. The summed E-state index contributed by atoms with van der Waals surface area (Å²) >= 11 is 7.45. The van der Waals surface area contributed by atoms with Crippen LogP contribution in [0.2, 0.25) is 5.02 Å². The molecule has 2 atom stereocenters. The van der Waals surface area contributed by atoms with E-state index in [2.05, 4.69) is 31.6 Å². The normalized spacial score (nSPS) is 17.6. The van der Waals surface area contributed by atoms with Gasteiger partial charge in [0.2, 0.25) is 11.7 Å². The van der Waals surface area contributed by atoms with E-state index >= 15 is 4.39 Å². The molecule has 1 amide bonds. The van der Waals surface area contributed by atoms with Crippen LogP contribution in [0.3, 0.4) is 0 Å². The zero-order valence-electron chi connectivity index (χ0n) is 27.8. The number of H-pyrrole nitrogens is 1. The van der Waals surface area contributed by atoms with Crippen LogP contribution >= 0.6 is 11.6 Å². The number of carbonyl (C=O) groups is 1. The minimum absolute atomic E-state index is 0.0746. The van der Waals surface area contributed by atoms with E-state index in [1.807, 2.05) is 53.7 Å². The molecule has 1 saturated heterocycles. The first-order valence-electron chi connectivity index (χ1n) is 16.2. The lowest BCUT2D eigenvalue weighted by Crippen LogP contribution is -2.62. The Morgan fingerprint density at radius 3 is 2.48 bits per heavy atom. The summed E-state index contributed by atoms with van der Waals surface area (Å²) in [6, 6.07) is 4.74. The lowest BCUT2D eigenvalue weighted by atomic mass is 9.93. The fraction of sp³-hybridized carbons (Fsp3) is 0.361. The summed E-state index contributed by atoms with van der Waals surface area (Å²) in [6.45, 7) is 16.4. The Labute approximate surface area is 282 Å². The summed E-state index contributed by atoms with van der Waals surface area (Å²) in [5, 5.41) is 8.37. The van der Waals surface area contributed by atoms with Crippen LogP contribution in [0.1, 0.15) is 63.4 Å². The lowest BCUT2D eigenvalue weighted by molar-refractivity contribution is -0.129. The van der Waals surface area contributed by atoms with Gasteiger partial charge in [0.15, 0.2) is 0 Å². The van der Waals surface area contributed by atoms with Gasteiger partial charge < -0.3 is 14.5 Å². The third-order valence-corrected chi connectivity index (χ3v) is 9.94. The molecule has 10 nitrogen and oxygen atoms in total. The number of carbonyl (C=O) groups excluding carboxylic acids is 1. The van der Waals surface area contributed by atoms with Gasteiger partial charge in [0.1, 0.15) is 18.8 Å². The highest BCUT2D eigenvalue weighted by molar-refractivity contribution is 6.39. The number of pyridine rings is 1. The zero-order chi connectivity index (χ0) is 34.2. The minimum atomic E-state index is -0.551. The topological polar surface area (TPSA) is 109 Å². The van der Waals surface area contributed by atoms with E-state index in [9.17, 15) is 9.59 Å². The van der Waals surface area contributed by atoms with E-state index < -0.39 is 11.4 Å². The van der Waals surface area contributed by atoms with Crippen molar-refractivity contribution < 1.29 is 13.9 Å². The van der Waals surface area contributed by atoms with Crippen LogP contribution in [-0.2, 0) is 4.79 Å². The number of hydrogen-bond acceptors (Lipinski definition) is 7. The fourth-order valence-electron chi connectivity index (χ4n) is 7.29. The van der Waals surface area contributed by atoms with Crippen molar-refractivity contribution in [2.45, 2.75) is 65.5 Å². The van der Waals surface area contributed by atoms with Crippen molar-refractivity contribution in [3.8, 4) is 22.6 Å². The molecular weight excluding hydrogens is 633 g/mol. The van der Waals surface area contributed by atoms with Gasteiger partial charge in [0, 0.05) is 41.0 Å². The highest BCUT2D eigenvalue weighted by Crippen LogP contribution is 2.48.